The molecule has 0 aliphatic carbocycles. The fraction of sp³-hybridized carbons (Fsp3) is 1.00. The normalized spacial score (nSPS) is 15.7. The van der Waals surface area contributed by atoms with Crippen LogP contribution in [0.2, 0.25) is 0 Å². The molecule has 0 radical (unpaired) electrons. The van der Waals surface area contributed by atoms with Crippen molar-refractivity contribution >= 4 is 0 Å². The minimum absolute atomic E-state index is 0.0449. The lowest BCUT2D eigenvalue weighted by Gasteiger charge is -2.21. The van der Waals surface area contributed by atoms with E-state index in [1.807, 2.05) is 0 Å². The number of rotatable bonds is 8. The molecule has 1 nitrogen and oxygen atoms in total. The van der Waals surface area contributed by atoms with Crippen molar-refractivity contribution in [3.63, 3.8) is 0 Å². The number of hydrogen-bond acceptors (Lipinski definition) is 1. The molecular formula is C12H26O. The highest BCUT2D eigenvalue weighted by Gasteiger charge is 2.15. The number of hydrogen-bond donors (Lipinski definition) is 1. The minimum atomic E-state index is -0.0449. The summed E-state index contributed by atoms with van der Waals surface area (Å²) in [5.41, 5.74) is 0. The van der Waals surface area contributed by atoms with Gasteiger partial charge in [0.15, 0.2) is 0 Å². The highest BCUT2D eigenvalue weighted by molar-refractivity contribution is 4.67. The Labute approximate surface area is 83.5 Å². The van der Waals surface area contributed by atoms with Gasteiger partial charge in [0, 0.05) is 0 Å². The molecule has 1 heteroatoms. The average Bonchev–Trinajstić information content (AvgIpc) is 2.16. The van der Waals surface area contributed by atoms with Gasteiger partial charge >= 0.3 is 0 Å². The summed E-state index contributed by atoms with van der Waals surface area (Å²) in [5, 5.41) is 9.87. The van der Waals surface area contributed by atoms with Crippen molar-refractivity contribution in [1.82, 2.24) is 0 Å². The molecule has 0 bridgehead atoms. The van der Waals surface area contributed by atoms with Gasteiger partial charge in [0.05, 0.1) is 6.10 Å². The lowest BCUT2D eigenvalue weighted by Crippen LogP contribution is -2.19. The largest absolute Gasteiger partial charge is 0.393 e. The van der Waals surface area contributed by atoms with E-state index in [1.165, 1.54) is 32.1 Å². The first-order valence-corrected chi connectivity index (χ1v) is 5.94. The third-order valence-corrected chi connectivity index (χ3v) is 2.85. The molecule has 0 saturated carbocycles. The van der Waals surface area contributed by atoms with Crippen molar-refractivity contribution in [3.05, 3.63) is 0 Å². The zero-order valence-corrected chi connectivity index (χ0v) is 9.55. The first-order chi connectivity index (χ1) is 6.26. The maximum atomic E-state index is 9.87. The lowest BCUT2D eigenvalue weighted by molar-refractivity contribution is 0.0881. The highest BCUT2D eigenvalue weighted by Crippen LogP contribution is 2.20. The Bertz CT molecular complexity index is 101. The maximum absolute atomic E-state index is 9.87. The SMILES string of the molecule is CCCCC(O)C(CC)CCCC. The summed E-state index contributed by atoms with van der Waals surface area (Å²) in [6.07, 6.45) is 8.17. The molecule has 2 atom stereocenters. The summed E-state index contributed by atoms with van der Waals surface area (Å²) in [4.78, 5) is 0. The van der Waals surface area contributed by atoms with Crippen molar-refractivity contribution in [3.8, 4) is 0 Å². The van der Waals surface area contributed by atoms with Gasteiger partial charge in [-0.15, -0.1) is 0 Å². The molecule has 1 N–H and O–H groups in total. The molecule has 0 heterocycles. The van der Waals surface area contributed by atoms with Gasteiger partial charge in [-0.1, -0.05) is 52.9 Å². The Morgan fingerprint density at radius 2 is 1.46 bits per heavy atom. The molecule has 0 aliphatic heterocycles. The molecule has 0 saturated heterocycles. The molecule has 2 unspecified atom stereocenters. The van der Waals surface area contributed by atoms with E-state index in [1.54, 1.807) is 0 Å². The molecule has 0 aromatic carbocycles. The van der Waals surface area contributed by atoms with Gasteiger partial charge in [0.25, 0.3) is 0 Å². The summed E-state index contributed by atoms with van der Waals surface area (Å²) in [6.45, 7) is 6.58. The monoisotopic (exact) mass is 186 g/mol. The van der Waals surface area contributed by atoms with E-state index in [2.05, 4.69) is 20.8 Å². The van der Waals surface area contributed by atoms with Gasteiger partial charge in [-0.25, -0.2) is 0 Å². The Morgan fingerprint density at radius 3 is 1.92 bits per heavy atom. The maximum Gasteiger partial charge on any atom is 0.0568 e. The van der Waals surface area contributed by atoms with Crippen LogP contribution in [-0.2, 0) is 0 Å². The number of aliphatic hydroxyl groups excluding tert-OH is 1. The zero-order chi connectivity index (χ0) is 10.1. The summed E-state index contributed by atoms with van der Waals surface area (Å²) >= 11 is 0. The molecule has 0 amide bonds. The van der Waals surface area contributed by atoms with Crippen molar-refractivity contribution in [2.75, 3.05) is 0 Å². The number of aliphatic hydroxyl groups is 1. The summed E-state index contributed by atoms with van der Waals surface area (Å²) < 4.78 is 0. The standard InChI is InChI=1S/C12H26O/c1-4-7-9-11(6-3)12(13)10-8-5-2/h11-13H,4-10H2,1-3H3. The predicted molar refractivity (Wildman–Crippen MR) is 58.8 cm³/mol. The van der Waals surface area contributed by atoms with Gasteiger partial charge < -0.3 is 5.11 Å². The van der Waals surface area contributed by atoms with E-state index >= 15 is 0 Å². The van der Waals surface area contributed by atoms with Crippen LogP contribution in [0.1, 0.15) is 65.7 Å². The number of unbranched alkanes of at least 4 members (excludes halogenated alkanes) is 2. The summed E-state index contributed by atoms with van der Waals surface area (Å²) in [7, 11) is 0. The van der Waals surface area contributed by atoms with Crippen molar-refractivity contribution < 1.29 is 5.11 Å². The molecule has 80 valence electrons. The molecule has 0 aromatic heterocycles. The molecule has 0 aliphatic rings. The minimum Gasteiger partial charge on any atom is -0.393 e. The quantitative estimate of drug-likeness (QED) is 0.612. The van der Waals surface area contributed by atoms with Crippen LogP contribution in [0.3, 0.4) is 0 Å². The second-order valence-electron chi connectivity index (χ2n) is 4.02. The van der Waals surface area contributed by atoms with E-state index in [9.17, 15) is 5.11 Å². The van der Waals surface area contributed by atoms with Gasteiger partial charge in [0.1, 0.15) is 0 Å². The van der Waals surface area contributed by atoms with Crippen LogP contribution < -0.4 is 0 Å². The van der Waals surface area contributed by atoms with Crippen LogP contribution in [0.25, 0.3) is 0 Å². The molecule has 13 heavy (non-hydrogen) atoms. The fourth-order valence-corrected chi connectivity index (χ4v) is 1.78. The average molecular weight is 186 g/mol. The van der Waals surface area contributed by atoms with Crippen molar-refractivity contribution in [1.29, 1.82) is 0 Å². The van der Waals surface area contributed by atoms with Crippen LogP contribution in [0.4, 0.5) is 0 Å². The Kier molecular flexibility index (Phi) is 8.53. The second kappa shape index (κ2) is 8.55. The summed E-state index contributed by atoms with van der Waals surface area (Å²) in [6, 6.07) is 0. The van der Waals surface area contributed by atoms with Gasteiger partial charge in [0.2, 0.25) is 0 Å². The first-order valence-electron chi connectivity index (χ1n) is 5.94. The zero-order valence-electron chi connectivity index (χ0n) is 9.55. The third kappa shape index (κ3) is 6.09. The summed E-state index contributed by atoms with van der Waals surface area (Å²) in [5.74, 6) is 0.548. The smallest absolute Gasteiger partial charge is 0.0568 e. The fourth-order valence-electron chi connectivity index (χ4n) is 1.78. The van der Waals surface area contributed by atoms with E-state index < -0.39 is 0 Å². The van der Waals surface area contributed by atoms with Crippen molar-refractivity contribution in [2.24, 2.45) is 5.92 Å². The van der Waals surface area contributed by atoms with Crippen LogP contribution >= 0.6 is 0 Å². The van der Waals surface area contributed by atoms with Crippen LogP contribution in [0, 0.1) is 5.92 Å². The van der Waals surface area contributed by atoms with Gasteiger partial charge in [-0.05, 0) is 18.8 Å². The van der Waals surface area contributed by atoms with Crippen LogP contribution in [0.5, 0.6) is 0 Å². The topological polar surface area (TPSA) is 20.2 Å². The van der Waals surface area contributed by atoms with E-state index in [0.717, 1.165) is 12.8 Å². The lowest BCUT2D eigenvalue weighted by atomic mass is 9.90. The van der Waals surface area contributed by atoms with Crippen LogP contribution in [0.15, 0.2) is 0 Å². The highest BCUT2D eigenvalue weighted by atomic mass is 16.3. The molecule has 0 spiro atoms. The molecular weight excluding hydrogens is 160 g/mol. The van der Waals surface area contributed by atoms with E-state index in [-0.39, 0.29) is 6.10 Å². The van der Waals surface area contributed by atoms with Crippen molar-refractivity contribution in [2.45, 2.75) is 71.8 Å². The van der Waals surface area contributed by atoms with Gasteiger partial charge in [-0.3, -0.25) is 0 Å². The molecule has 0 rings (SSSR count). The Morgan fingerprint density at radius 1 is 0.923 bits per heavy atom. The molecule has 0 aromatic rings. The predicted octanol–water partition coefficient (Wildman–Crippen LogP) is 3.75. The van der Waals surface area contributed by atoms with E-state index in [4.69, 9.17) is 0 Å². The second-order valence-corrected chi connectivity index (χ2v) is 4.02. The van der Waals surface area contributed by atoms with Crippen LogP contribution in [-0.4, -0.2) is 11.2 Å². The third-order valence-electron chi connectivity index (χ3n) is 2.85. The first kappa shape index (κ1) is 13.0. The Balaban J connectivity index is 3.63. The van der Waals surface area contributed by atoms with Gasteiger partial charge in [-0.2, -0.15) is 0 Å². The molecule has 0 fully saturated rings. The Hall–Kier alpha value is -0.0400. The van der Waals surface area contributed by atoms with E-state index in [0.29, 0.717) is 5.92 Å².